The summed E-state index contributed by atoms with van der Waals surface area (Å²) in [6.45, 7) is 7.40. The van der Waals surface area contributed by atoms with Gasteiger partial charge in [-0.3, -0.25) is 4.79 Å². The van der Waals surface area contributed by atoms with Crippen LogP contribution in [0, 0.1) is 20.8 Å². The zero-order chi connectivity index (χ0) is 12.8. The van der Waals surface area contributed by atoms with E-state index in [1.54, 1.807) is 6.92 Å². The van der Waals surface area contributed by atoms with Crippen molar-refractivity contribution in [3.8, 4) is 11.5 Å². The molecule has 0 aliphatic carbocycles. The fourth-order valence-electron chi connectivity index (χ4n) is 2.32. The highest BCUT2D eigenvalue weighted by Crippen LogP contribution is 2.42. The Morgan fingerprint density at radius 2 is 1.88 bits per heavy atom. The zero-order valence-electron chi connectivity index (χ0n) is 10.7. The van der Waals surface area contributed by atoms with Gasteiger partial charge in [0.05, 0.1) is 0 Å². The summed E-state index contributed by atoms with van der Waals surface area (Å²) < 4.78 is 5.78. The Bertz CT molecular complexity index is 491. The van der Waals surface area contributed by atoms with Crippen molar-refractivity contribution in [3.63, 3.8) is 0 Å². The molecule has 1 unspecified atom stereocenters. The van der Waals surface area contributed by atoms with E-state index in [9.17, 15) is 9.90 Å². The molecule has 0 amide bonds. The van der Waals surface area contributed by atoms with Gasteiger partial charge in [0, 0.05) is 5.56 Å². The average Bonchev–Trinajstić information content (AvgIpc) is 2.33. The van der Waals surface area contributed by atoms with Crippen LogP contribution in [-0.2, 0) is 11.2 Å². The molecular formula is C14H17O3. The molecular weight excluding hydrogens is 216 g/mol. The highest BCUT2D eigenvalue weighted by molar-refractivity contribution is 5.67. The van der Waals surface area contributed by atoms with Gasteiger partial charge in [-0.2, -0.15) is 0 Å². The van der Waals surface area contributed by atoms with E-state index in [2.05, 4.69) is 0 Å². The van der Waals surface area contributed by atoms with Crippen LogP contribution in [-0.4, -0.2) is 17.0 Å². The normalized spacial score (nSPS) is 22.8. The minimum atomic E-state index is -0.854. The summed E-state index contributed by atoms with van der Waals surface area (Å²) >= 11 is 0. The average molecular weight is 233 g/mol. The third-order valence-corrected chi connectivity index (χ3v) is 3.74. The summed E-state index contributed by atoms with van der Waals surface area (Å²) in [4.78, 5) is 10.9. The van der Waals surface area contributed by atoms with Crippen LogP contribution in [0.25, 0.3) is 0 Å². The van der Waals surface area contributed by atoms with Crippen LogP contribution < -0.4 is 4.74 Å². The smallest absolute Gasteiger partial charge is 0.245 e. The Kier molecular flexibility index (Phi) is 2.64. The van der Waals surface area contributed by atoms with E-state index in [0.29, 0.717) is 12.2 Å². The van der Waals surface area contributed by atoms with E-state index >= 15 is 0 Å². The van der Waals surface area contributed by atoms with Crippen LogP contribution in [0.5, 0.6) is 11.5 Å². The molecule has 1 aromatic carbocycles. The highest BCUT2D eigenvalue weighted by Gasteiger charge is 2.35. The standard InChI is InChI=1S/C14H17O3/c1-8-9(2)13-11(10(3)12(8)16)5-6-14(4,7-15)17-13/h16H,5-6H2,1-4H3. The number of ether oxygens (including phenoxy) is 1. The first-order valence-electron chi connectivity index (χ1n) is 5.79. The van der Waals surface area contributed by atoms with Crippen LogP contribution in [0.1, 0.15) is 35.6 Å². The molecule has 1 heterocycles. The van der Waals surface area contributed by atoms with E-state index < -0.39 is 5.60 Å². The van der Waals surface area contributed by atoms with Gasteiger partial charge >= 0.3 is 0 Å². The van der Waals surface area contributed by atoms with Gasteiger partial charge in [0.25, 0.3) is 0 Å². The number of fused-ring (bicyclic) bond motifs is 1. The maximum atomic E-state index is 10.9. The van der Waals surface area contributed by atoms with Gasteiger partial charge in [0.1, 0.15) is 11.5 Å². The quantitative estimate of drug-likeness (QED) is 0.810. The number of phenolic OH excluding ortho intramolecular Hbond substituents is 1. The lowest BCUT2D eigenvalue weighted by atomic mass is 9.88. The van der Waals surface area contributed by atoms with Gasteiger partial charge in [0.2, 0.25) is 6.29 Å². The molecule has 0 saturated heterocycles. The van der Waals surface area contributed by atoms with Gasteiger partial charge in [-0.1, -0.05) is 0 Å². The number of hydrogen-bond acceptors (Lipinski definition) is 3. The van der Waals surface area contributed by atoms with Crippen LogP contribution in [0.15, 0.2) is 0 Å². The summed E-state index contributed by atoms with van der Waals surface area (Å²) in [5.41, 5.74) is 2.74. The topological polar surface area (TPSA) is 46.5 Å². The van der Waals surface area contributed by atoms with Crippen molar-refractivity contribution in [2.75, 3.05) is 0 Å². The van der Waals surface area contributed by atoms with Crippen LogP contribution in [0.4, 0.5) is 0 Å². The van der Waals surface area contributed by atoms with Crippen molar-refractivity contribution in [1.29, 1.82) is 0 Å². The molecule has 1 atom stereocenters. The van der Waals surface area contributed by atoms with E-state index in [0.717, 1.165) is 34.4 Å². The Morgan fingerprint density at radius 3 is 2.47 bits per heavy atom. The fraction of sp³-hybridized carbons (Fsp3) is 0.500. The Hall–Kier alpha value is -1.51. The maximum absolute atomic E-state index is 10.9. The highest BCUT2D eigenvalue weighted by atomic mass is 16.5. The molecule has 1 radical (unpaired) electrons. The third-order valence-electron chi connectivity index (χ3n) is 3.74. The van der Waals surface area contributed by atoms with Gasteiger partial charge in [-0.05, 0) is 57.2 Å². The molecule has 0 bridgehead atoms. The molecule has 1 aliphatic heterocycles. The van der Waals surface area contributed by atoms with Crippen molar-refractivity contribution in [2.24, 2.45) is 0 Å². The zero-order valence-corrected chi connectivity index (χ0v) is 10.7. The molecule has 3 nitrogen and oxygen atoms in total. The van der Waals surface area contributed by atoms with E-state index in [-0.39, 0.29) is 0 Å². The lowest BCUT2D eigenvalue weighted by Gasteiger charge is -2.33. The molecule has 1 aliphatic rings. The molecule has 0 saturated carbocycles. The monoisotopic (exact) mass is 233 g/mol. The number of phenols is 1. The van der Waals surface area contributed by atoms with Crippen molar-refractivity contribution in [3.05, 3.63) is 22.3 Å². The van der Waals surface area contributed by atoms with Gasteiger partial charge in [-0.25, -0.2) is 0 Å². The summed E-state index contributed by atoms with van der Waals surface area (Å²) in [7, 11) is 0. The molecule has 0 fully saturated rings. The van der Waals surface area contributed by atoms with E-state index in [1.165, 1.54) is 0 Å². The number of benzene rings is 1. The van der Waals surface area contributed by atoms with Gasteiger partial charge in [0.15, 0.2) is 5.60 Å². The number of aromatic hydroxyl groups is 1. The fourth-order valence-corrected chi connectivity index (χ4v) is 2.32. The minimum Gasteiger partial charge on any atom is -0.507 e. The minimum absolute atomic E-state index is 0.337. The second kappa shape index (κ2) is 3.76. The van der Waals surface area contributed by atoms with Crippen LogP contribution in [0.3, 0.4) is 0 Å². The van der Waals surface area contributed by atoms with E-state index in [1.807, 2.05) is 27.1 Å². The van der Waals surface area contributed by atoms with Gasteiger partial charge < -0.3 is 9.84 Å². The number of rotatable bonds is 1. The van der Waals surface area contributed by atoms with Crippen molar-refractivity contribution in [1.82, 2.24) is 0 Å². The second-order valence-electron chi connectivity index (χ2n) is 4.97. The second-order valence-corrected chi connectivity index (χ2v) is 4.97. The lowest BCUT2D eigenvalue weighted by molar-refractivity contribution is 0.128. The molecule has 1 aromatic rings. The molecule has 17 heavy (non-hydrogen) atoms. The van der Waals surface area contributed by atoms with Gasteiger partial charge in [-0.15, -0.1) is 0 Å². The largest absolute Gasteiger partial charge is 0.507 e. The molecule has 0 aromatic heterocycles. The van der Waals surface area contributed by atoms with Crippen molar-refractivity contribution >= 4 is 6.29 Å². The molecule has 3 heteroatoms. The Labute approximate surface area is 101 Å². The molecule has 2 rings (SSSR count). The molecule has 0 spiro atoms. The number of carbonyl (C=O) groups excluding carboxylic acids is 1. The van der Waals surface area contributed by atoms with Crippen molar-refractivity contribution < 1.29 is 14.6 Å². The SMILES string of the molecule is Cc1c(C)c2c(c(C)c1O)CCC(C)([C]=O)O2. The molecule has 1 N–H and O–H groups in total. The maximum Gasteiger partial charge on any atom is 0.245 e. The Balaban J connectivity index is 2.63. The summed E-state index contributed by atoms with van der Waals surface area (Å²) in [5, 5.41) is 10.00. The molecule has 91 valence electrons. The third kappa shape index (κ3) is 1.70. The Morgan fingerprint density at radius 1 is 1.24 bits per heavy atom. The first-order chi connectivity index (χ1) is 7.89. The van der Waals surface area contributed by atoms with Crippen LogP contribution >= 0.6 is 0 Å². The lowest BCUT2D eigenvalue weighted by Crippen LogP contribution is -2.38. The van der Waals surface area contributed by atoms with Crippen LogP contribution in [0.2, 0.25) is 0 Å². The summed E-state index contributed by atoms with van der Waals surface area (Å²) in [6.07, 6.45) is 3.31. The van der Waals surface area contributed by atoms with Crippen molar-refractivity contribution in [2.45, 2.75) is 46.1 Å². The first kappa shape index (κ1) is 12.0. The van der Waals surface area contributed by atoms with E-state index in [4.69, 9.17) is 4.74 Å². The predicted molar refractivity (Wildman–Crippen MR) is 65.4 cm³/mol. The first-order valence-corrected chi connectivity index (χ1v) is 5.79. The number of hydrogen-bond donors (Lipinski definition) is 1. The predicted octanol–water partition coefficient (Wildman–Crippen LogP) is 2.51. The summed E-state index contributed by atoms with van der Waals surface area (Å²) in [6, 6.07) is 0. The summed E-state index contributed by atoms with van der Waals surface area (Å²) in [5.74, 6) is 1.08.